The molecule has 6 heteroatoms. The lowest BCUT2D eigenvalue weighted by atomic mass is 10.3. The zero-order chi connectivity index (χ0) is 11.6. The molecule has 15 heavy (non-hydrogen) atoms. The Labute approximate surface area is 86.9 Å². The maximum absolute atomic E-state index is 11.6. The van der Waals surface area contributed by atoms with Crippen molar-refractivity contribution in [2.45, 2.75) is 32.5 Å². The lowest BCUT2D eigenvalue weighted by molar-refractivity contribution is -0.138. The van der Waals surface area contributed by atoms with Gasteiger partial charge in [-0.1, -0.05) is 0 Å². The summed E-state index contributed by atoms with van der Waals surface area (Å²) in [6, 6.07) is -0.995. The molecule has 0 aliphatic heterocycles. The standard InChI is InChI=1S/C9H15N3O3/c1-6(2)12-4-3-11(9(12)15)5-7(10)8(13)14/h3-4,6-7H,5,10H2,1-2H3,(H,13,14). The first-order valence-electron chi connectivity index (χ1n) is 4.69. The number of hydrogen-bond acceptors (Lipinski definition) is 3. The first-order valence-corrected chi connectivity index (χ1v) is 4.69. The van der Waals surface area contributed by atoms with Crippen LogP contribution in [-0.2, 0) is 11.3 Å². The fourth-order valence-corrected chi connectivity index (χ4v) is 1.25. The minimum atomic E-state index is -1.11. The second-order valence-electron chi connectivity index (χ2n) is 3.68. The second-order valence-corrected chi connectivity index (χ2v) is 3.68. The Hall–Kier alpha value is -1.56. The van der Waals surface area contributed by atoms with Gasteiger partial charge in [-0.05, 0) is 13.8 Å². The third-order valence-electron chi connectivity index (χ3n) is 2.14. The van der Waals surface area contributed by atoms with E-state index >= 15 is 0 Å². The number of nitrogens with two attached hydrogens (primary N) is 1. The first-order chi connectivity index (χ1) is 6.93. The average molecular weight is 213 g/mol. The van der Waals surface area contributed by atoms with Crippen molar-refractivity contribution in [3.8, 4) is 0 Å². The Morgan fingerprint density at radius 1 is 1.53 bits per heavy atom. The Morgan fingerprint density at radius 3 is 2.53 bits per heavy atom. The van der Waals surface area contributed by atoms with Gasteiger partial charge in [-0.25, -0.2) is 4.79 Å². The second kappa shape index (κ2) is 4.31. The topological polar surface area (TPSA) is 90.2 Å². The van der Waals surface area contributed by atoms with Crippen LogP contribution in [0.5, 0.6) is 0 Å². The smallest absolute Gasteiger partial charge is 0.328 e. The lowest BCUT2D eigenvalue weighted by Crippen LogP contribution is -2.38. The summed E-state index contributed by atoms with van der Waals surface area (Å²) in [7, 11) is 0. The molecule has 0 saturated carbocycles. The van der Waals surface area contributed by atoms with E-state index in [0.717, 1.165) is 0 Å². The van der Waals surface area contributed by atoms with Gasteiger partial charge in [0.05, 0.1) is 6.54 Å². The molecule has 1 rings (SSSR count). The lowest BCUT2D eigenvalue weighted by Gasteiger charge is -2.07. The van der Waals surface area contributed by atoms with Crippen molar-refractivity contribution in [1.82, 2.24) is 9.13 Å². The minimum absolute atomic E-state index is 0.00606. The van der Waals surface area contributed by atoms with Gasteiger partial charge in [0.2, 0.25) is 0 Å². The highest BCUT2D eigenvalue weighted by atomic mass is 16.4. The van der Waals surface area contributed by atoms with Crippen LogP contribution in [0.3, 0.4) is 0 Å². The van der Waals surface area contributed by atoms with Crippen LogP contribution >= 0.6 is 0 Å². The zero-order valence-corrected chi connectivity index (χ0v) is 8.75. The van der Waals surface area contributed by atoms with Crippen LogP contribution < -0.4 is 11.4 Å². The monoisotopic (exact) mass is 213 g/mol. The van der Waals surface area contributed by atoms with E-state index < -0.39 is 12.0 Å². The molecule has 0 aliphatic rings. The van der Waals surface area contributed by atoms with E-state index in [2.05, 4.69) is 0 Å². The summed E-state index contributed by atoms with van der Waals surface area (Å²) >= 11 is 0. The number of nitrogens with zero attached hydrogens (tertiary/aromatic N) is 2. The third kappa shape index (κ3) is 2.47. The number of carbonyl (C=O) groups is 1. The normalized spacial score (nSPS) is 13.1. The SMILES string of the molecule is CC(C)n1ccn(CC(N)C(=O)O)c1=O. The van der Waals surface area contributed by atoms with Gasteiger partial charge in [0, 0.05) is 18.4 Å². The summed E-state index contributed by atoms with van der Waals surface area (Å²) in [5, 5.41) is 8.60. The molecule has 0 fully saturated rings. The Morgan fingerprint density at radius 2 is 2.13 bits per heavy atom. The molecule has 0 saturated heterocycles. The quantitative estimate of drug-likeness (QED) is 0.714. The third-order valence-corrected chi connectivity index (χ3v) is 2.14. The summed E-state index contributed by atoms with van der Waals surface area (Å²) in [6.45, 7) is 3.75. The van der Waals surface area contributed by atoms with Crippen LogP contribution in [-0.4, -0.2) is 26.3 Å². The zero-order valence-electron chi connectivity index (χ0n) is 8.75. The molecule has 0 amide bonds. The molecule has 0 aromatic carbocycles. The van der Waals surface area contributed by atoms with Crippen molar-refractivity contribution in [1.29, 1.82) is 0 Å². The summed E-state index contributed by atoms with van der Waals surface area (Å²) in [5.74, 6) is -1.11. The van der Waals surface area contributed by atoms with Gasteiger partial charge in [0.1, 0.15) is 6.04 Å². The van der Waals surface area contributed by atoms with Gasteiger partial charge in [0.15, 0.2) is 0 Å². The molecule has 0 aliphatic carbocycles. The van der Waals surface area contributed by atoms with E-state index in [1.807, 2.05) is 13.8 Å². The summed E-state index contributed by atoms with van der Waals surface area (Å²) < 4.78 is 2.83. The fraction of sp³-hybridized carbons (Fsp3) is 0.556. The van der Waals surface area contributed by atoms with E-state index in [-0.39, 0.29) is 18.3 Å². The van der Waals surface area contributed by atoms with Gasteiger partial charge >= 0.3 is 11.7 Å². The molecule has 1 aromatic heterocycles. The van der Waals surface area contributed by atoms with Gasteiger partial charge in [-0.2, -0.15) is 0 Å². The maximum Gasteiger partial charge on any atom is 0.328 e. The van der Waals surface area contributed by atoms with Gasteiger partial charge in [-0.15, -0.1) is 0 Å². The summed E-state index contributed by atoms with van der Waals surface area (Å²) in [6.07, 6.45) is 3.17. The predicted molar refractivity (Wildman–Crippen MR) is 54.7 cm³/mol. The molecule has 0 radical (unpaired) electrons. The van der Waals surface area contributed by atoms with Crippen LogP contribution in [0.4, 0.5) is 0 Å². The fourth-order valence-electron chi connectivity index (χ4n) is 1.25. The van der Waals surface area contributed by atoms with E-state index in [1.165, 1.54) is 9.13 Å². The molecule has 1 unspecified atom stereocenters. The number of aliphatic carboxylic acids is 1. The van der Waals surface area contributed by atoms with Gasteiger partial charge in [0.25, 0.3) is 0 Å². The number of aromatic nitrogens is 2. The Bertz CT molecular complexity index is 405. The van der Waals surface area contributed by atoms with Crippen molar-refractivity contribution in [2.75, 3.05) is 0 Å². The highest BCUT2D eigenvalue weighted by Gasteiger charge is 2.14. The molecule has 1 heterocycles. The highest BCUT2D eigenvalue weighted by molar-refractivity contribution is 5.72. The number of hydrogen-bond donors (Lipinski definition) is 2. The van der Waals surface area contributed by atoms with Crippen LogP contribution in [0.15, 0.2) is 17.2 Å². The van der Waals surface area contributed by atoms with Crippen molar-refractivity contribution in [2.24, 2.45) is 5.73 Å². The van der Waals surface area contributed by atoms with Crippen LogP contribution in [0.1, 0.15) is 19.9 Å². The minimum Gasteiger partial charge on any atom is -0.480 e. The van der Waals surface area contributed by atoms with Crippen molar-refractivity contribution >= 4 is 5.97 Å². The molecular formula is C9H15N3O3. The molecule has 1 atom stereocenters. The van der Waals surface area contributed by atoms with E-state index in [1.54, 1.807) is 12.4 Å². The molecule has 3 N–H and O–H groups in total. The van der Waals surface area contributed by atoms with E-state index in [9.17, 15) is 9.59 Å². The molecule has 0 bridgehead atoms. The van der Waals surface area contributed by atoms with Gasteiger partial charge < -0.3 is 10.8 Å². The van der Waals surface area contributed by atoms with Crippen molar-refractivity contribution in [3.05, 3.63) is 22.9 Å². The first kappa shape index (κ1) is 11.5. The van der Waals surface area contributed by atoms with Gasteiger partial charge in [-0.3, -0.25) is 13.9 Å². The van der Waals surface area contributed by atoms with Crippen LogP contribution in [0, 0.1) is 0 Å². The number of rotatable bonds is 4. The van der Waals surface area contributed by atoms with Crippen molar-refractivity contribution in [3.63, 3.8) is 0 Å². The largest absolute Gasteiger partial charge is 0.480 e. The Balaban J connectivity index is 2.89. The van der Waals surface area contributed by atoms with Crippen LogP contribution in [0.2, 0.25) is 0 Å². The number of carboxylic acids is 1. The molecule has 0 spiro atoms. The summed E-state index contributed by atoms with van der Waals surface area (Å²) in [4.78, 5) is 22.2. The molecular weight excluding hydrogens is 198 g/mol. The number of carboxylic acid groups (broad SMARTS) is 1. The highest BCUT2D eigenvalue weighted by Crippen LogP contribution is 1.99. The summed E-state index contributed by atoms with van der Waals surface area (Å²) in [5.41, 5.74) is 5.10. The average Bonchev–Trinajstić information content (AvgIpc) is 2.48. The van der Waals surface area contributed by atoms with Crippen LogP contribution in [0.25, 0.3) is 0 Å². The van der Waals surface area contributed by atoms with E-state index in [4.69, 9.17) is 10.8 Å². The number of imidazole rings is 1. The molecule has 1 aromatic rings. The van der Waals surface area contributed by atoms with Crippen molar-refractivity contribution < 1.29 is 9.90 Å². The maximum atomic E-state index is 11.6. The van der Waals surface area contributed by atoms with E-state index in [0.29, 0.717) is 0 Å². The predicted octanol–water partition coefficient (Wildman–Crippen LogP) is -0.357. The molecule has 6 nitrogen and oxygen atoms in total. The Kier molecular flexibility index (Phi) is 3.31. The molecule has 84 valence electrons.